The summed E-state index contributed by atoms with van der Waals surface area (Å²) < 4.78 is 0. The van der Waals surface area contributed by atoms with Gasteiger partial charge in [-0.2, -0.15) is 0 Å². The molecule has 0 aromatic carbocycles. The molecule has 0 N–H and O–H groups in total. The summed E-state index contributed by atoms with van der Waals surface area (Å²) >= 11 is 0. The molecule has 0 spiro atoms. The van der Waals surface area contributed by atoms with Gasteiger partial charge in [-0.15, -0.1) is 0 Å². The normalized spacial score (nSPS) is 12.1. The fraction of sp³-hybridized carbons (Fsp3) is 0.455. The van der Waals surface area contributed by atoms with Crippen molar-refractivity contribution in [3.8, 4) is 0 Å². The molecule has 1 amide bonds. The van der Waals surface area contributed by atoms with Crippen molar-refractivity contribution in [2.45, 2.75) is 25.8 Å². The highest BCUT2D eigenvalue weighted by Crippen LogP contribution is 2.22. The van der Waals surface area contributed by atoms with E-state index in [0.29, 0.717) is 0 Å². The van der Waals surface area contributed by atoms with Gasteiger partial charge in [-0.3, -0.25) is 9.78 Å². The lowest BCUT2D eigenvalue weighted by molar-refractivity contribution is -0.119. The largest absolute Gasteiger partial charge is 0.341 e. The molecule has 1 aromatic heterocycles. The Morgan fingerprint density at radius 3 is 2.93 bits per heavy atom. The second-order valence-corrected chi connectivity index (χ2v) is 3.36. The average molecular weight is 192 g/mol. The van der Waals surface area contributed by atoms with E-state index in [9.17, 15) is 4.79 Å². The molecule has 1 unspecified atom stereocenters. The quantitative estimate of drug-likeness (QED) is 0.669. The second kappa shape index (κ2) is 5.37. The highest BCUT2D eigenvalue weighted by Gasteiger charge is 2.14. The van der Waals surface area contributed by atoms with Gasteiger partial charge in [0, 0.05) is 19.4 Å². The first-order valence-electron chi connectivity index (χ1n) is 4.86. The number of carbonyl (C=O) groups is 1. The van der Waals surface area contributed by atoms with Crippen molar-refractivity contribution in [3.63, 3.8) is 0 Å². The van der Waals surface area contributed by atoms with Crippen LogP contribution in [0.4, 0.5) is 0 Å². The Morgan fingerprint density at radius 2 is 2.43 bits per heavy atom. The van der Waals surface area contributed by atoms with Gasteiger partial charge in [-0.25, -0.2) is 0 Å². The molecule has 1 rings (SSSR count). The number of nitrogens with zero attached hydrogens (tertiary/aromatic N) is 2. The summed E-state index contributed by atoms with van der Waals surface area (Å²) in [6, 6.07) is 4.07. The molecule has 0 aliphatic carbocycles. The Kier molecular flexibility index (Phi) is 4.11. The van der Waals surface area contributed by atoms with Crippen LogP contribution in [0.2, 0.25) is 0 Å². The van der Waals surface area contributed by atoms with E-state index < -0.39 is 0 Å². The molecule has 1 atom stereocenters. The Balaban J connectivity index is 2.82. The van der Waals surface area contributed by atoms with Crippen molar-refractivity contribution in [3.05, 3.63) is 30.1 Å². The van der Waals surface area contributed by atoms with Gasteiger partial charge in [0.1, 0.15) is 0 Å². The maximum absolute atomic E-state index is 10.7. The monoisotopic (exact) mass is 192 g/mol. The summed E-state index contributed by atoms with van der Waals surface area (Å²) in [5.41, 5.74) is 1.10. The summed E-state index contributed by atoms with van der Waals surface area (Å²) in [4.78, 5) is 16.5. The van der Waals surface area contributed by atoms with E-state index in [1.807, 2.05) is 18.3 Å². The smallest absolute Gasteiger partial charge is 0.209 e. The number of pyridine rings is 1. The molecule has 0 bridgehead atoms. The minimum absolute atomic E-state index is 0.159. The van der Waals surface area contributed by atoms with E-state index >= 15 is 0 Å². The molecule has 0 fully saturated rings. The summed E-state index contributed by atoms with van der Waals surface area (Å²) in [6.07, 6.45) is 6.46. The van der Waals surface area contributed by atoms with Crippen LogP contribution in [0.25, 0.3) is 0 Å². The van der Waals surface area contributed by atoms with Crippen molar-refractivity contribution in [1.82, 2.24) is 9.88 Å². The van der Waals surface area contributed by atoms with E-state index in [1.165, 1.54) is 0 Å². The Hall–Kier alpha value is -1.38. The molecule has 0 saturated carbocycles. The molecule has 76 valence electrons. The van der Waals surface area contributed by atoms with Crippen molar-refractivity contribution in [2.24, 2.45) is 0 Å². The van der Waals surface area contributed by atoms with Gasteiger partial charge in [0.15, 0.2) is 0 Å². The number of amides is 1. The standard InChI is InChI=1S/C11H16N2O/c1-3-5-11(13(2)9-14)10-6-4-7-12-8-10/h4,6-9,11H,3,5H2,1-2H3. The Morgan fingerprint density at radius 1 is 1.64 bits per heavy atom. The number of hydrogen-bond donors (Lipinski definition) is 0. The number of rotatable bonds is 5. The lowest BCUT2D eigenvalue weighted by Crippen LogP contribution is -2.22. The zero-order valence-electron chi connectivity index (χ0n) is 8.68. The maximum atomic E-state index is 10.7. The van der Waals surface area contributed by atoms with E-state index in [-0.39, 0.29) is 6.04 Å². The van der Waals surface area contributed by atoms with Crippen LogP contribution in [0, 0.1) is 0 Å². The summed E-state index contributed by atoms with van der Waals surface area (Å²) in [6.45, 7) is 2.11. The minimum atomic E-state index is 0.159. The van der Waals surface area contributed by atoms with Crippen molar-refractivity contribution < 1.29 is 4.79 Å². The summed E-state index contributed by atoms with van der Waals surface area (Å²) in [5, 5.41) is 0. The first-order valence-corrected chi connectivity index (χ1v) is 4.86. The Bertz CT molecular complexity index is 274. The average Bonchev–Trinajstić information content (AvgIpc) is 2.26. The fourth-order valence-corrected chi connectivity index (χ4v) is 1.53. The van der Waals surface area contributed by atoms with Gasteiger partial charge < -0.3 is 4.90 Å². The first-order chi connectivity index (χ1) is 6.79. The summed E-state index contributed by atoms with van der Waals surface area (Å²) in [5.74, 6) is 0. The molecule has 14 heavy (non-hydrogen) atoms. The zero-order chi connectivity index (χ0) is 10.4. The van der Waals surface area contributed by atoms with Crippen molar-refractivity contribution >= 4 is 6.41 Å². The molecule has 1 heterocycles. The number of aromatic nitrogens is 1. The predicted octanol–water partition coefficient (Wildman–Crippen LogP) is 2.01. The lowest BCUT2D eigenvalue weighted by atomic mass is 10.0. The molecule has 0 radical (unpaired) electrons. The molecule has 0 saturated heterocycles. The zero-order valence-corrected chi connectivity index (χ0v) is 8.68. The maximum Gasteiger partial charge on any atom is 0.209 e. The van der Waals surface area contributed by atoms with Crippen LogP contribution in [0.5, 0.6) is 0 Å². The topological polar surface area (TPSA) is 33.2 Å². The minimum Gasteiger partial charge on any atom is -0.341 e. The molecular weight excluding hydrogens is 176 g/mol. The van der Waals surface area contributed by atoms with Gasteiger partial charge in [0.2, 0.25) is 6.41 Å². The van der Waals surface area contributed by atoms with Crippen molar-refractivity contribution in [2.75, 3.05) is 7.05 Å². The van der Waals surface area contributed by atoms with Gasteiger partial charge >= 0.3 is 0 Å². The van der Waals surface area contributed by atoms with Crippen LogP contribution >= 0.6 is 0 Å². The highest BCUT2D eigenvalue weighted by atomic mass is 16.1. The van der Waals surface area contributed by atoms with Gasteiger partial charge in [0.25, 0.3) is 0 Å². The predicted molar refractivity (Wildman–Crippen MR) is 55.7 cm³/mol. The van der Waals surface area contributed by atoms with Crippen LogP contribution in [-0.2, 0) is 4.79 Å². The van der Waals surface area contributed by atoms with E-state index in [4.69, 9.17) is 0 Å². The summed E-state index contributed by atoms with van der Waals surface area (Å²) in [7, 11) is 1.81. The molecule has 0 aliphatic heterocycles. The van der Waals surface area contributed by atoms with Gasteiger partial charge in [0.05, 0.1) is 6.04 Å². The third-order valence-electron chi connectivity index (χ3n) is 2.29. The van der Waals surface area contributed by atoms with Crippen LogP contribution in [0.1, 0.15) is 31.4 Å². The number of carbonyl (C=O) groups excluding carboxylic acids is 1. The Labute approximate surface area is 84.8 Å². The van der Waals surface area contributed by atoms with Crippen LogP contribution < -0.4 is 0 Å². The molecule has 3 heteroatoms. The first kappa shape index (κ1) is 10.7. The SMILES string of the molecule is CCCC(c1cccnc1)N(C)C=O. The third-order valence-corrected chi connectivity index (χ3v) is 2.29. The molecule has 3 nitrogen and oxygen atoms in total. The molecular formula is C11H16N2O. The molecule has 0 aliphatic rings. The van der Waals surface area contributed by atoms with E-state index in [0.717, 1.165) is 24.8 Å². The fourth-order valence-electron chi connectivity index (χ4n) is 1.53. The highest BCUT2D eigenvalue weighted by molar-refractivity contribution is 5.48. The third kappa shape index (κ3) is 2.55. The number of hydrogen-bond acceptors (Lipinski definition) is 2. The van der Waals surface area contributed by atoms with E-state index in [1.54, 1.807) is 18.1 Å². The molecule has 1 aromatic rings. The lowest BCUT2D eigenvalue weighted by Gasteiger charge is -2.24. The van der Waals surface area contributed by atoms with E-state index in [2.05, 4.69) is 11.9 Å². The van der Waals surface area contributed by atoms with Gasteiger partial charge in [-0.1, -0.05) is 19.4 Å². The van der Waals surface area contributed by atoms with Crippen LogP contribution in [-0.4, -0.2) is 23.3 Å². The van der Waals surface area contributed by atoms with Gasteiger partial charge in [-0.05, 0) is 18.1 Å². The van der Waals surface area contributed by atoms with Crippen LogP contribution in [0.15, 0.2) is 24.5 Å². The van der Waals surface area contributed by atoms with Crippen molar-refractivity contribution in [1.29, 1.82) is 0 Å². The van der Waals surface area contributed by atoms with Crippen LogP contribution in [0.3, 0.4) is 0 Å². The second-order valence-electron chi connectivity index (χ2n) is 3.36.